The van der Waals surface area contributed by atoms with Gasteiger partial charge in [-0.15, -0.1) is 11.3 Å². The van der Waals surface area contributed by atoms with E-state index in [0.717, 1.165) is 17.4 Å². The van der Waals surface area contributed by atoms with Crippen molar-refractivity contribution in [2.45, 2.75) is 25.5 Å². The Morgan fingerprint density at radius 1 is 1.71 bits per heavy atom. The van der Waals surface area contributed by atoms with Gasteiger partial charge in [-0.3, -0.25) is 0 Å². The molecular weight excluding hydrogens is 212 g/mol. The number of thiol groups is 1. The summed E-state index contributed by atoms with van der Waals surface area (Å²) in [6, 6.07) is 0. The van der Waals surface area contributed by atoms with E-state index in [0.29, 0.717) is 0 Å². The molecular formula is C10H16N2S2. The van der Waals surface area contributed by atoms with Gasteiger partial charge in [0.15, 0.2) is 5.13 Å². The molecule has 14 heavy (non-hydrogen) atoms. The van der Waals surface area contributed by atoms with Crippen LogP contribution in [-0.4, -0.2) is 18.1 Å². The molecule has 4 heteroatoms. The smallest absolute Gasteiger partial charge is 0.185 e. The number of nitrogens with zero attached hydrogens (tertiary/aromatic N) is 2. The summed E-state index contributed by atoms with van der Waals surface area (Å²) in [6.45, 7) is 4.66. The first-order valence-corrected chi connectivity index (χ1v) is 6.61. The van der Waals surface area contributed by atoms with Gasteiger partial charge in [-0.25, -0.2) is 4.98 Å². The largest absolute Gasteiger partial charge is 0.348 e. The Balaban J connectivity index is 2.06. The normalized spacial score (nSPS) is 22.7. The quantitative estimate of drug-likeness (QED) is 0.784. The second-order valence-electron chi connectivity index (χ2n) is 3.97. The second-order valence-corrected chi connectivity index (χ2v) is 5.13. The zero-order valence-electron chi connectivity index (χ0n) is 8.44. The van der Waals surface area contributed by atoms with Crippen LogP contribution in [-0.2, 0) is 5.75 Å². The zero-order chi connectivity index (χ0) is 9.97. The predicted octanol–water partition coefficient (Wildman–Crippen LogP) is 2.81. The Kier molecular flexibility index (Phi) is 3.34. The van der Waals surface area contributed by atoms with Gasteiger partial charge in [0.2, 0.25) is 0 Å². The molecule has 1 aromatic rings. The van der Waals surface area contributed by atoms with E-state index in [4.69, 9.17) is 0 Å². The van der Waals surface area contributed by atoms with E-state index in [1.165, 1.54) is 31.1 Å². The summed E-state index contributed by atoms with van der Waals surface area (Å²) in [6.07, 6.45) is 2.66. The Morgan fingerprint density at radius 2 is 2.57 bits per heavy atom. The van der Waals surface area contributed by atoms with Gasteiger partial charge in [0.25, 0.3) is 0 Å². The van der Waals surface area contributed by atoms with E-state index in [9.17, 15) is 0 Å². The maximum Gasteiger partial charge on any atom is 0.185 e. The fraction of sp³-hybridized carbons (Fsp3) is 0.700. The van der Waals surface area contributed by atoms with Crippen molar-refractivity contribution in [3.05, 3.63) is 11.1 Å². The van der Waals surface area contributed by atoms with Crippen molar-refractivity contribution in [3.8, 4) is 0 Å². The summed E-state index contributed by atoms with van der Waals surface area (Å²) in [5, 5.41) is 3.29. The molecule has 2 rings (SSSR count). The van der Waals surface area contributed by atoms with E-state index >= 15 is 0 Å². The van der Waals surface area contributed by atoms with Crippen LogP contribution in [0.3, 0.4) is 0 Å². The Hall–Kier alpha value is -0.220. The number of aromatic nitrogens is 1. The minimum absolute atomic E-state index is 0.750. The molecule has 1 atom stereocenters. The molecule has 1 unspecified atom stereocenters. The van der Waals surface area contributed by atoms with Gasteiger partial charge in [0.05, 0.1) is 5.69 Å². The molecule has 2 nitrogen and oxygen atoms in total. The Labute approximate surface area is 94.8 Å². The molecule has 0 radical (unpaired) electrons. The lowest BCUT2D eigenvalue weighted by Crippen LogP contribution is -2.34. The highest BCUT2D eigenvalue weighted by atomic mass is 32.1. The van der Waals surface area contributed by atoms with Crippen molar-refractivity contribution in [1.29, 1.82) is 0 Å². The van der Waals surface area contributed by atoms with Crippen LogP contribution in [0.1, 0.15) is 25.5 Å². The summed E-state index contributed by atoms with van der Waals surface area (Å²) in [5.74, 6) is 1.56. The third kappa shape index (κ3) is 2.23. The molecule has 0 amide bonds. The molecule has 2 heterocycles. The molecule has 78 valence electrons. The first kappa shape index (κ1) is 10.3. The lowest BCUT2D eigenvalue weighted by molar-refractivity contribution is 0.446. The average Bonchev–Trinajstić information content (AvgIpc) is 2.66. The van der Waals surface area contributed by atoms with Crippen LogP contribution in [0, 0.1) is 5.92 Å². The van der Waals surface area contributed by atoms with Gasteiger partial charge >= 0.3 is 0 Å². The van der Waals surface area contributed by atoms with E-state index < -0.39 is 0 Å². The maximum absolute atomic E-state index is 4.55. The molecule has 0 spiro atoms. The van der Waals surface area contributed by atoms with Crippen molar-refractivity contribution < 1.29 is 0 Å². The Morgan fingerprint density at radius 3 is 3.21 bits per heavy atom. The van der Waals surface area contributed by atoms with E-state index in [2.05, 4.69) is 34.8 Å². The third-order valence-corrected chi connectivity index (χ3v) is 3.90. The van der Waals surface area contributed by atoms with Gasteiger partial charge < -0.3 is 4.90 Å². The minimum atomic E-state index is 0.750. The molecule has 1 aliphatic heterocycles. The topological polar surface area (TPSA) is 16.1 Å². The van der Waals surface area contributed by atoms with Gasteiger partial charge in [-0.1, -0.05) is 6.92 Å². The van der Waals surface area contributed by atoms with Crippen molar-refractivity contribution in [2.75, 3.05) is 18.0 Å². The van der Waals surface area contributed by atoms with Crippen molar-refractivity contribution in [1.82, 2.24) is 4.98 Å². The number of piperidine rings is 1. The monoisotopic (exact) mass is 228 g/mol. The van der Waals surface area contributed by atoms with Crippen LogP contribution in [0.15, 0.2) is 5.38 Å². The lowest BCUT2D eigenvalue weighted by Gasteiger charge is -2.30. The van der Waals surface area contributed by atoms with Crippen LogP contribution in [0.5, 0.6) is 0 Å². The van der Waals surface area contributed by atoms with Crippen molar-refractivity contribution >= 4 is 29.1 Å². The number of thiazole rings is 1. The van der Waals surface area contributed by atoms with E-state index in [1.807, 2.05) is 0 Å². The molecule has 0 aromatic carbocycles. The van der Waals surface area contributed by atoms with Gasteiger partial charge in [0.1, 0.15) is 0 Å². The highest BCUT2D eigenvalue weighted by Gasteiger charge is 2.18. The first-order chi connectivity index (χ1) is 6.79. The second kappa shape index (κ2) is 4.53. The van der Waals surface area contributed by atoms with Crippen molar-refractivity contribution in [3.63, 3.8) is 0 Å². The molecule has 1 aliphatic rings. The molecule has 0 N–H and O–H groups in total. The van der Waals surface area contributed by atoms with Crippen LogP contribution >= 0.6 is 24.0 Å². The van der Waals surface area contributed by atoms with Gasteiger partial charge in [-0.2, -0.15) is 12.6 Å². The average molecular weight is 228 g/mol. The molecule has 0 bridgehead atoms. The summed E-state index contributed by atoms with van der Waals surface area (Å²) in [7, 11) is 0. The van der Waals surface area contributed by atoms with E-state index in [-0.39, 0.29) is 0 Å². The highest BCUT2D eigenvalue weighted by Crippen LogP contribution is 2.26. The standard InChI is InChI=1S/C10H16N2S2/c1-8-3-2-4-12(5-8)10-11-9(6-13)7-14-10/h7-8,13H,2-6H2,1H3. The van der Waals surface area contributed by atoms with E-state index in [1.54, 1.807) is 11.3 Å². The van der Waals surface area contributed by atoms with Crippen molar-refractivity contribution in [2.24, 2.45) is 5.92 Å². The lowest BCUT2D eigenvalue weighted by atomic mass is 10.0. The van der Waals surface area contributed by atoms with Gasteiger partial charge in [-0.05, 0) is 18.8 Å². The fourth-order valence-corrected chi connectivity index (χ4v) is 3.03. The summed E-state index contributed by atoms with van der Waals surface area (Å²) < 4.78 is 0. The predicted molar refractivity (Wildman–Crippen MR) is 65.4 cm³/mol. The summed E-state index contributed by atoms with van der Waals surface area (Å²) in [5.41, 5.74) is 1.10. The molecule has 1 saturated heterocycles. The fourth-order valence-electron chi connectivity index (χ4n) is 1.88. The van der Waals surface area contributed by atoms with Crippen LogP contribution in [0.25, 0.3) is 0 Å². The molecule has 1 aromatic heterocycles. The molecule has 1 fully saturated rings. The number of hydrogen-bond donors (Lipinski definition) is 1. The van der Waals surface area contributed by atoms with Crippen LogP contribution in [0.4, 0.5) is 5.13 Å². The number of rotatable bonds is 2. The first-order valence-electron chi connectivity index (χ1n) is 5.10. The molecule has 0 aliphatic carbocycles. The molecule has 0 saturated carbocycles. The highest BCUT2D eigenvalue weighted by molar-refractivity contribution is 7.79. The summed E-state index contributed by atoms with van der Waals surface area (Å²) >= 11 is 5.98. The number of hydrogen-bond acceptors (Lipinski definition) is 4. The third-order valence-electron chi connectivity index (χ3n) is 2.63. The SMILES string of the molecule is CC1CCCN(c2nc(CS)cs2)C1. The number of anilines is 1. The van der Waals surface area contributed by atoms with Crippen LogP contribution in [0.2, 0.25) is 0 Å². The Bertz CT molecular complexity index is 298. The van der Waals surface area contributed by atoms with Gasteiger partial charge in [0, 0.05) is 24.2 Å². The summed E-state index contributed by atoms with van der Waals surface area (Å²) in [4.78, 5) is 6.96. The maximum atomic E-state index is 4.55. The minimum Gasteiger partial charge on any atom is -0.348 e. The van der Waals surface area contributed by atoms with Crippen LogP contribution < -0.4 is 4.90 Å². The zero-order valence-corrected chi connectivity index (χ0v) is 10.2.